The van der Waals surface area contributed by atoms with E-state index in [2.05, 4.69) is 37.2 Å². The molecule has 4 heteroatoms. The summed E-state index contributed by atoms with van der Waals surface area (Å²) in [4.78, 5) is 5.53. The number of nitrogens with one attached hydrogen (secondary N) is 1. The minimum Gasteiger partial charge on any atom is -0.311 e. The molecule has 3 heterocycles. The summed E-state index contributed by atoms with van der Waals surface area (Å²) in [6.45, 7) is 5.60. The number of nitrogens with zero attached hydrogens (tertiary/aromatic N) is 1. The summed E-state index contributed by atoms with van der Waals surface area (Å²) < 4.78 is 0. The lowest BCUT2D eigenvalue weighted by molar-refractivity contribution is 0.166. The van der Waals surface area contributed by atoms with E-state index in [9.17, 15) is 0 Å². The van der Waals surface area contributed by atoms with E-state index >= 15 is 0 Å². The standard InChI is InChI=1S/C15H24N2S.ClH/c1-10-6-12(11(2)18-10)9-17(3)15-7-13-4-5-14(8-15)16-13;/h6,13-16H,4-5,7-9H2,1-3H3;1H. The summed E-state index contributed by atoms with van der Waals surface area (Å²) in [6, 6.07) is 4.73. The van der Waals surface area contributed by atoms with Crippen LogP contribution >= 0.6 is 23.7 Å². The monoisotopic (exact) mass is 300 g/mol. The molecule has 2 aliphatic heterocycles. The summed E-state index contributed by atoms with van der Waals surface area (Å²) in [5, 5.41) is 3.73. The largest absolute Gasteiger partial charge is 0.311 e. The molecule has 0 amide bonds. The van der Waals surface area contributed by atoms with E-state index in [1.165, 1.54) is 41.0 Å². The van der Waals surface area contributed by atoms with Gasteiger partial charge >= 0.3 is 0 Å². The molecule has 1 aromatic rings. The van der Waals surface area contributed by atoms with Crippen molar-refractivity contribution in [2.24, 2.45) is 0 Å². The van der Waals surface area contributed by atoms with Gasteiger partial charge in [0, 0.05) is 34.4 Å². The van der Waals surface area contributed by atoms with Crippen molar-refractivity contribution in [2.45, 2.75) is 64.2 Å². The third kappa shape index (κ3) is 3.33. The smallest absolute Gasteiger partial charge is 0.0244 e. The third-order valence-electron chi connectivity index (χ3n) is 4.64. The molecule has 2 bridgehead atoms. The van der Waals surface area contributed by atoms with Crippen LogP contribution in [0.4, 0.5) is 0 Å². The topological polar surface area (TPSA) is 15.3 Å². The zero-order valence-corrected chi connectivity index (χ0v) is 13.7. The molecule has 2 unspecified atom stereocenters. The quantitative estimate of drug-likeness (QED) is 0.919. The fraction of sp³-hybridized carbons (Fsp3) is 0.733. The predicted molar refractivity (Wildman–Crippen MR) is 85.5 cm³/mol. The van der Waals surface area contributed by atoms with E-state index in [0.29, 0.717) is 0 Å². The van der Waals surface area contributed by atoms with Crippen molar-refractivity contribution in [3.63, 3.8) is 0 Å². The molecule has 0 radical (unpaired) electrons. The Hall–Kier alpha value is -0.0900. The Labute approximate surface area is 127 Å². The molecule has 0 aliphatic carbocycles. The van der Waals surface area contributed by atoms with Crippen LogP contribution in [0.5, 0.6) is 0 Å². The molecule has 2 atom stereocenters. The van der Waals surface area contributed by atoms with Gasteiger partial charge in [0.25, 0.3) is 0 Å². The van der Waals surface area contributed by atoms with Crippen molar-refractivity contribution in [3.05, 3.63) is 21.4 Å². The number of thiophene rings is 1. The fourth-order valence-electron chi connectivity index (χ4n) is 3.63. The van der Waals surface area contributed by atoms with E-state index in [4.69, 9.17) is 0 Å². The minimum atomic E-state index is 0. The Kier molecular flexibility index (Phi) is 4.93. The lowest BCUT2D eigenvalue weighted by Crippen LogP contribution is -2.46. The van der Waals surface area contributed by atoms with E-state index in [1.807, 2.05) is 11.3 Å². The molecule has 1 aromatic heterocycles. The van der Waals surface area contributed by atoms with Crippen molar-refractivity contribution < 1.29 is 0 Å². The van der Waals surface area contributed by atoms with Gasteiger partial charge in [-0.1, -0.05) is 0 Å². The van der Waals surface area contributed by atoms with Crippen molar-refractivity contribution in [2.75, 3.05) is 7.05 Å². The number of hydrogen-bond donors (Lipinski definition) is 1. The average Bonchev–Trinajstić information content (AvgIpc) is 2.82. The number of fused-ring (bicyclic) bond motifs is 2. The molecule has 108 valence electrons. The van der Waals surface area contributed by atoms with Crippen molar-refractivity contribution in [3.8, 4) is 0 Å². The van der Waals surface area contributed by atoms with Gasteiger partial charge in [0.2, 0.25) is 0 Å². The third-order valence-corrected chi connectivity index (χ3v) is 5.64. The van der Waals surface area contributed by atoms with Gasteiger partial charge in [0.15, 0.2) is 0 Å². The molecule has 3 rings (SSSR count). The van der Waals surface area contributed by atoms with Crippen LogP contribution in [0.25, 0.3) is 0 Å². The molecule has 2 nitrogen and oxygen atoms in total. The van der Waals surface area contributed by atoms with Crippen LogP contribution in [0.3, 0.4) is 0 Å². The van der Waals surface area contributed by atoms with Gasteiger partial charge in [-0.2, -0.15) is 0 Å². The van der Waals surface area contributed by atoms with E-state index < -0.39 is 0 Å². The second-order valence-corrected chi connectivity index (χ2v) is 7.58. The average molecular weight is 301 g/mol. The number of piperidine rings is 1. The second kappa shape index (κ2) is 6.13. The Balaban J connectivity index is 0.00000133. The SMILES string of the molecule is Cc1cc(CN(C)C2CC3CCC(C2)N3)c(C)s1.Cl. The normalized spacial score (nSPS) is 29.6. The first-order chi connectivity index (χ1) is 8.61. The van der Waals surface area contributed by atoms with Crippen LogP contribution < -0.4 is 5.32 Å². The van der Waals surface area contributed by atoms with Gasteiger partial charge in [-0.05, 0) is 58.2 Å². The van der Waals surface area contributed by atoms with Crippen molar-refractivity contribution in [1.82, 2.24) is 10.2 Å². The van der Waals surface area contributed by atoms with E-state index in [-0.39, 0.29) is 12.4 Å². The van der Waals surface area contributed by atoms with Crippen molar-refractivity contribution in [1.29, 1.82) is 0 Å². The molecular formula is C15H25ClN2S. The molecule has 19 heavy (non-hydrogen) atoms. The first-order valence-corrected chi connectivity index (χ1v) is 7.95. The number of hydrogen-bond acceptors (Lipinski definition) is 3. The maximum atomic E-state index is 3.73. The Bertz CT molecular complexity index is 420. The fourth-order valence-corrected chi connectivity index (χ4v) is 4.56. The zero-order chi connectivity index (χ0) is 12.7. The van der Waals surface area contributed by atoms with Gasteiger partial charge in [0.05, 0.1) is 0 Å². The minimum absolute atomic E-state index is 0. The summed E-state index contributed by atoms with van der Waals surface area (Å²) >= 11 is 1.93. The summed E-state index contributed by atoms with van der Waals surface area (Å²) in [6.07, 6.45) is 5.47. The van der Waals surface area contributed by atoms with Crippen LogP contribution in [-0.4, -0.2) is 30.1 Å². The molecule has 1 N–H and O–H groups in total. The summed E-state index contributed by atoms with van der Waals surface area (Å²) in [5.41, 5.74) is 1.53. The molecule has 0 aromatic carbocycles. The second-order valence-electron chi connectivity index (χ2n) is 6.12. The van der Waals surface area contributed by atoms with Crippen LogP contribution in [0, 0.1) is 13.8 Å². The molecule has 0 spiro atoms. The van der Waals surface area contributed by atoms with Crippen molar-refractivity contribution >= 4 is 23.7 Å². The van der Waals surface area contributed by atoms with Crippen LogP contribution in [0.15, 0.2) is 6.07 Å². The molecule has 2 aliphatic rings. The zero-order valence-electron chi connectivity index (χ0n) is 12.1. The highest BCUT2D eigenvalue weighted by Gasteiger charge is 2.35. The number of aryl methyl sites for hydroxylation is 2. The highest BCUT2D eigenvalue weighted by atomic mass is 35.5. The van der Waals surface area contributed by atoms with E-state index in [1.54, 1.807) is 0 Å². The summed E-state index contributed by atoms with van der Waals surface area (Å²) in [5.74, 6) is 0. The van der Waals surface area contributed by atoms with Gasteiger partial charge < -0.3 is 5.32 Å². The Morgan fingerprint density at radius 3 is 2.42 bits per heavy atom. The Morgan fingerprint density at radius 1 is 1.26 bits per heavy atom. The molecule has 2 saturated heterocycles. The number of rotatable bonds is 3. The molecule has 2 fully saturated rings. The summed E-state index contributed by atoms with van der Waals surface area (Å²) in [7, 11) is 2.31. The molecule has 0 saturated carbocycles. The van der Waals surface area contributed by atoms with Crippen LogP contribution in [0.1, 0.15) is 41.0 Å². The first-order valence-electron chi connectivity index (χ1n) is 7.14. The van der Waals surface area contributed by atoms with Gasteiger partial charge in [-0.25, -0.2) is 0 Å². The first kappa shape index (κ1) is 15.3. The van der Waals surface area contributed by atoms with E-state index in [0.717, 1.165) is 24.7 Å². The highest BCUT2D eigenvalue weighted by Crippen LogP contribution is 2.30. The maximum Gasteiger partial charge on any atom is 0.0244 e. The van der Waals surface area contributed by atoms with Gasteiger partial charge in [-0.3, -0.25) is 4.90 Å². The molecular weight excluding hydrogens is 276 g/mol. The lowest BCUT2D eigenvalue weighted by Gasteiger charge is -2.35. The van der Waals surface area contributed by atoms with Crippen LogP contribution in [0.2, 0.25) is 0 Å². The highest BCUT2D eigenvalue weighted by molar-refractivity contribution is 7.12. The van der Waals surface area contributed by atoms with Crippen LogP contribution in [-0.2, 0) is 6.54 Å². The van der Waals surface area contributed by atoms with Gasteiger partial charge in [0.1, 0.15) is 0 Å². The lowest BCUT2D eigenvalue weighted by atomic mass is 9.98. The van der Waals surface area contributed by atoms with Gasteiger partial charge in [-0.15, -0.1) is 23.7 Å². The maximum absolute atomic E-state index is 3.73. The number of halogens is 1. The Morgan fingerprint density at radius 2 is 1.89 bits per heavy atom. The predicted octanol–water partition coefficient (Wildman–Crippen LogP) is 3.50.